The maximum Gasteiger partial charge on any atom is 0.132 e. The molecule has 0 spiro atoms. The number of anilines is 1. The summed E-state index contributed by atoms with van der Waals surface area (Å²) in [5.74, 6) is 1.09. The molecule has 0 radical (unpaired) electrons. The van der Waals surface area contributed by atoms with Crippen molar-refractivity contribution in [2.45, 2.75) is 38.4 Å². The summed E-state index contributed by atoms with van der Waals surface area (Å²) >= 11 is 0. The summed E-state index contributed by atoms with van der Waals surface area (Å²) in [4.78, 5) is 13.4. The van der Waals surface area contributed by atoms with E-state index in [1.807, 2.05) is 12.3 Å². The molecule has 2 aliphatic heterocycles. The topological polar surface area (TPSA) is 32.3 Å². The van der Waals surface area contributed by atoms with E-state index in [-0.39, 0.29) is 0 Å². The Balaban J connectivity index is 1.76. The molecule has 2 bridgehead atoms. The number of hydrogen-bond donors (Lipinski definition) is 0. The van der Waals surface area contributed by atoms with Crippen LogP contribution in [0, 0.1) is 0 Å². The number of hydrogen-bond acceptors (Lipinski definition) is 4. The highest BCUT2D eigenvalue weighted by atomic mass is 15.4. The first-order valence-electron chi connectivity index (χ1n) is 6.04. The van der Waals surface area contributed by atoms with Crippen LogP contribution >= 0.6 is 0 Å². The zero-order valence-electron chi connectivity index (χ0n) is 9.87. The van der Waals surface area contributed by atoms with Gasteiger partial charge in [-0.1, -0.05) is 0 Å². The molecule has 2 fully saturated rings. The van der Waals surface area contributed by atoms with Crippen LogP contribution in [0.2, 0.25) is 0 Å². The van der Waals surface area contributed by atoms with Gasteiger partial charge >= 0.3 is 0 Å². The van der Waals surface area contributed by atoms with Gasteiger partial charge in [0.1, 0.15) is 12.1 Å². The molecule has 1 aromatic heterocycles. The first-order valence-corrected chi connectivity index (χ1v) is 6.04. The molecule has 2 saturated heterocycles. The average molecular weight is 218 g/mol. The van der Waals surface area contributed by atoms with Gasteiger partial charge in [-0.25, -0.2) is 9.97 Å². The van der Waals surface area contributed by atoms with Crippen molar-refractivity contribution in [3.8, 4) is 0 Å². The number of likely N-dealkylation sites (tertiary alicyclic amines) is 1. The Morgan fingerprint density at radius 1 is 1.31 bits per heavy atom. The van der Waals surface area contributed by atoms with Crippen molar-refractivity contribution >= 4 is 5.82 Å². The van der Waals surface area contributed by atoms with Crippen molar-refractivity contribution < 1.29 is 0 Å². The Bertz CT molecular complexity index is 365. The van der Waals surface area contributed by atoms with E-state index < -0.39 is 0 Å². The van der Waals surface area contributed by atoms with Crippen LogP contribution in [-0.2, 0) is 0 Å². The molecule has 16 heavy (non-hydrogen) atoms. The van der Waals surface area contributed by atoms with E-state index in [0.29, 0.717) is 12.1 Å². The van der Waals surface area contributed by atoms with Crippen molar-refractivity contribution in [1.82, 2.24) is 14.9 Å². The number of piperazine rings is 1. The minimum atomic E-state index is 0.655. The molecule has 4 heteroatoms. The highest BCUT2D eigenvalue weighted by molar-refractivity contribution is 5.42. The van der Waals surface area contributed by atoms with Gasteiger partial charge in [-0.15, -0.1) is 0 Å². The van der Waals surface area contributed by atoms with Crippen LogP contribution in [0.4, 0.5) is 5.82 Å². The van der Waals surface area contributed by atoms with E-state index in [1.54, 1.807) is 6.33 Å². The number of fused-ring (bicyclic) bond motifs is 2. The van der Waals surface area contributed by atoms with E-state index in [9.17, 15) is 0 Å². The van der Waals surface area contributed by atoms with Gasteiger partial charge in [0.05, 0.1) is 0 Å². The molecule has 0 unspecified atom stereocenters. The normalized spacial score (nSPS) is 29.3. The lowest BCUT2D eigenvalue weighted by molar-refractivity contribution is 0.191. The second kappa shape index (κ2) is 3.70. The summed E-state index contributed by atoms with van der Waals surface area (Å²) in [5.41, 5.74) is 0. The van der Waals surface area contributed by atoms with Crippen LogP contribution in [0.25, 0.3) is 0 Å². The summed E-state index contributed by atoms with van der Waals surface area (Å²) in [5, 5.41) is 0. The first-order chi connectivity index (χ1) is 7.75. The van der Waals surface area contributed by atoms with Gasteiger partial charge in [-0.3, -0.25) is 4.90 Å². The standard InChI is InChI=1S/C12H18N4/c1-9(2)15-6-11-5-10(15)7-16(11)12-3-4-13-8-14-12/h3-4,8-11H,5-7H2,1-2H3/t10-,11-/m0/s1. The second-order valence-electron chi connectivity index (χ2n) is 5.05. The summed E-state index contributed by atoms with van der Waals surface area (Å²) < 4.78 is 0. The lowest BCUT2D eigenvalue weighted by Gasteiger charge is -2.36. The van der Waals surface area contributed by atoms with Gasteiger partial charge in [0.25, 0.3) is 0 Å². The molecule has 0 saturated carbocycles. The third-order valence-corrected chi connectivity index (χ3v) is 3.81. The summed E-state index contributed by atoms with van der Waals surface area (Å²) in [7, 11) is 0. The van der Waals surface area contributed by atoms with Gasteiger partial charge in [-0.05, 0) is 26.3 Å². The van der Waals surface area contributed by atoms with E-state index in [4.69, 9.17) is 0 Å². The molecule has 86 valence electrons. The van der Waals surface area contributed by atoms with Crippen molar-refractivity contribution in [3.05, 3.63) is 18.6 Å². The first kappa shape index (κ1) is 10.0. The highest BCUT2D eigenvalue weighted by Gasteiger charge is 2.44. The molecule has 4 nitrogen and oxygen atoms in total. The lowest BCUT2D eigenvalue weighted by Crippen LogP contribution is -2.49. The van der Waals surface area contributed by atoms with Gasteiger partial charge in [0.15, 0.2) is 0 Å². The van der Waals surface area contributed by atoms with E-state index >= 15 is 0 Å². The van der Waals surface area contributed by atoms with Crippen molar-refractivity contribution in [3.63, 3.8) is 0 Å². The molecule has 2 aliphatic rings. The molecular weight excluding hydrogens is 200 g/mol. The molecule has 0 N–H and O–H groups in total. The molecule has 1 aromatic rings. The highest BCUT2D eigenvalue weighted by Crippen LogP contribution is 2.34. The minimum absolute atomic E-state index is 0.655. The molecule has 0 amide bonds. The lowest BCUT2D eigenvalue weighted by atomic mass is 10.2. The van der Waals surface area contributed by atoms with E-state index in [0.717, 1.165) is 18.4 Å². The van der Waals surface area contributed by atoms with Gasteiger partial charge in [-0.2, -0.15) is 0 Å². The largest absolute Gasteiger partial charge is 0.351 e. The van der Waals surface area contributed by atoms with Gasteiger partial charge in [0.2, 0.25) is 0 Å². The Kier molecular flexibility index (Phi) is 2.32. The molecular formula is C12H18N4. The van der Waals surface area contributed by atoms with Gasteiger partial charge < -0.3 is 4.90 Å². The summed E-state index contributed by atoms with van der Waals surface area (Å²) in [6.45, 7) is 6.89. The number of rotatable bonds is 2. The Hall–Kier alpha value is -1.16. The predicted octanol–water partition coefficient (Wildman–Crippen LogP) is 1.15. The fourth-order valence-electron chi connectivity index (χ4n) is 3.06. The average Bonchev–Trinajstić information content (AvgIpc) is 2.89. The quantitative estimate of drug-likeness (QED) is 0.745. The van der Waals surface area contributed by atoms with Crippen LogP contribution in [0.3, 0.4) is 0 Å². The molecule has 3 rings (SSSR count). The maximum absolute atomic E-state index is 4.35. The Morgan fingerprint density at radius 3 is 2.75 bits per heavy atom. The van der Waals surface area contributed by atoms with Crippen LogP contribution in [-0.4, -0.2) is 46.1 Å². The van der Waals surface area contributed by atoms with Crippen LogP contribution < -0.4 is 4.90 Å². The third kappa shape index (κ3) is 1.48. The van der Waals surface area contributed by atoms with Crippen LogP contribution in [0.5, 0.6) is 0 Å². The van der Waals surface area contributed by atoms with Crippen LogP contribution in [0.15, 0.2) is 18.6 Å². The van der Waals surface area contributed by atoms with Crippen molar-refractivity contribution in [2.24, 2.45) is 0 Å². The summed E-state index contributed by atoms with van der Waals surface area (Å²) in [6.07, 6.45) is 4.76. The zero-order chi connectivity index (χ0) is 11.1. The van der Waals surface area contributed by atoms with Crippen LogP contribution in [0.1, 0.15) is 20.3 Å². The molecule has 3 heterocycles. The van der Waals surface area contributed by atoms with Crippen molar-refractivity contribution in [1.29, 1.82) is 0 Å². The maximum atomic E-state index is 4.35. The Labute approximate surface area is 96.3 Å². The monoisotopic (exact) mass is 218 g/mol. The number of aromatic nitrogens is 2. The van der Waals surface area contributed by atoms with Gasteiger partial charge in [0, 0.05) is 37.4 Å². The minimum Gasteiger partial charge on any atom is -0.351 e. The summed E-state index contributed by atoms with van der Waals surface area (Å²) in [6, 6.07) is 4.06. The molecule has 0 aliphatic carbocycles. The number of nitrogens with zero attached hydrogens (tertiary/aromatic N) is 4. The van der Waals surface area contributed by atoms with E-state index in [2.05, 4.69) is 33.6 Å². The SMILES string of the molecule is CC(C)N1C[C@@H]2C[C@H]1CN2c1ccncn1. The smallest absolute Gasteiger partial charge is 0.132 e. The molecule has 2 atom stereocenters. The van der Waals surface area contributed by atoms with Crippen molar-refractivity contribution in [2.75, 3.05) is 18.0 Å². The zero-order valence-corrected chi connectivity index (χ0v) is 9.87. The van der Waals surface area contributed by atoms with E-state index in [1.165, 1.54) is 13.0 Å². The molecule has 0 aromatic carbocycles. The third-order valence-electron chi connectivity index (χ3n) is 3.81. The fraction of sp³-hybridized carbons (Fsp3) is 0.667. The predicted molar refractivity (Wildman–Crippen MR) is 63.4 cm³/mol. The second-order valence-corrected chi connectivity index (χ2v) is 5.05. The fourth-order valence-corrected chi connectivity index (χ4v) is 3.06. The Morgan fingerprint density at radius 2 is 2.19 bits per heavy atom.